The second-order valence-corrected chi connectivity index (χ2v) is 5.79. The monoisotopic (exact) mass is 263 g/mol. The van der Waals surface area contributed by atoms with Crippen LogP contribution in [0.15, 0.2) is 27.1 Å². The Morgan fingerprint density at radius 3 is 2.53 bits per heavy atom. The topological polar surface area (TPSA) is 87.0 Å². The van der Waals surface area contributed by atoms with Gasteiger partial charge in [-0.25, -0.2) is 5.53 Å². The van der Waals surface area contributed by atoms with E-state index in [0.717, 1.165) is 12.3 Å². The third kappa shape index (κ3) is 2.30. The van der Waals surface area contributed by atoms with Crippen LogP contribution in [-0.2, 0) is 0 Å². The van der Waals surface area contributed by atoms with Gasteiger partial charge in [-0.2, -0.15) is 10.2 Å². The Morgan fingerprint density at radius 2 is 2.05 bits per heavy atom. The standard InChI is InChI=1S/C14H25N5/c1-4-9(5-2)10(6-3)11-7-12(11)14(18-15)8-13(14)17-19-16/h7,9-10,12-13,15H,4-6,8H2,1-3H3,(H2,16,17)/t10?,12?,13?,14-/m1/s1. The van der Waals surface area contributed by atoms with E-state index in [1.54, 1.807) is 0 Å². The van der Waals surface area contributed by atoms with Gasteiger partial charge in [-0.15, -0.1) is 0 Å². The van der Waals surface area contributed by atoms with Gasteiger partial charge in [0.2, 0.25) is 0 Å². The molecule has 0 aromatic rings. The van der Waals surface area contributed by atoms with Crippen LogP contribution in [0.25, 0.3) is 0 Å². The molecular weight excluding hydrogens is 238 g/mol. The van der Waals surface area contributed by atoms with E-state index in [4.69, 9.17) is 11.4 Å². The second kappa shape index (κ2) is 5.39. The minimum absolute atomic E-state index is 0.0213. The molecule has 0 aliphatic heterocycles. The van der Waals surface area contributed by atoms with E-state index in [1.165, 1.54) is 24.8 Å². The summed E-state index contributed by atoms with van der Waals surface area (Å²) in [6, 6.07) is 0.0213. The molecule has 5 heteroatoms. The largest absolute Gasteiger partial charge is 0.305 e. The van der Waals surface area contributed by atoms with Crippen LogP contribution in [0.5, 0.6) is 0 Å². The Morgan fingerprint density at radius 1 is 1.37 bits per heavy atom. The lowest BCUT2D eigenvalue weighted by Gasteiger charge is -2.24. The van der Waals surface area contributed by atoms with Gasteiger partial charge in [-0.1, -0.05) is 50.5 Å². The Kier molecular flexibility index (Phi) is 4.02. The van der Waals surface area contributed by atoms with Gasteiger partial charge in [-0.3, -0.25) is 0 Å². The lowest BCUT2D eigenvalue weighted by molar-refractivity contribution is 0.338. The number of nitrogens with zero attached hydrogens (tertiary/aromatic N) is 3. The number of hydrogen-bond donors (Lipinski definition) is 2. The molecule has 0 spiro atoms. The van der Waals surface area contributed by atoms with Crippen molar-refractivity contribution in [3.63, 3.8) is 0 Å². The van der Waals surface area contributed by atoms with Crippen molar-refractivity contribution in [1.29, 1.82) is 5.53 Å². The summed E-state index contributed by atoms with van der Waals surface area (Å²) in [7, 11) is 0. The van der Waals surface area contributed by atoms with Gasteiger partial charge in [0.15, 0.2) is 0 Å². The quantitative estimate of drug-likeness (QED) is 0.296. The number of rotatable bonds is 8. The zero-order valence-electron chi connectivity index (χ0n) is 12.1. The maximum Gasteiger partial charge on any atom is 0.118 e. The summed E-state index contributed by atoms with van der Waals surface area (Å²) < 4.78 is 0. The number of hydrogen-bond acceptors (Lipinski definition) is 4. The minimum Gasteiger partial charge on any atom is -0.305 e. The van der Waals surface area contributed by atoms with Crippen LogP contribution in [-0.4, -0.2) is 11.6 Å². The molecule has 1 fully saturated rings. The minimum atomic E-state index is -0.336. The van der Waals surface area contributed by atoms with Crippen LogP contribution in [0, 0.1) is 23.3 Å². The van der Waals surface area contributed by atoms with Crippen molar-refractivity contribution >= 4 is 0 Å². The summed E-state index contributed by atoms with van der Waals surface area (Å²) >= 11 is 0. The maximum absolute atomic E-state index is 7.48. The van der Waals surface area contributed by atoms with Crippen molar-refractivity contribution in [1.82, 2.24) is 0 Å². The molecule has 0 saturated heterocycles. The molecule has 19 heavy (non-hydrogen) atoms. The van der Waals surface area contributed by atoms with Crippen molar-refractivity contribution < 1.29 is 0 Å². The third-order valence-electron chi connectivity index (χ3n) is 4.98. The zero-order chi connectivity index (χ0) is 14.0. The fourth-order valence-corrected chi connectivity index (χ4v) is 3.63. The Balaban J connectivity index is 2.03. The highest BCUT2D eigenvalue weighted by molar-refractivity contribution is 5.44. The summed E-state index contributed by atoms with van der Waals surface area (Å²) in [5, 5.41) is 11.2. The van der Waals surface area contributed by atoms with E-state index in [-0.39, 0.29) is 11.6 Å². The van der Waals surface area contributed by atoms with Crippen LogP contribution < -0.4 is 5.84 Å². The molecule has 2 aliphatic carbocycles. The molecular formula is C14H25N5. The molecule has 4 atom stereocenters. The molecule has 106 valence electrons. The Labute approximate surface area is 115 Å². The van der Waals surface area contributed by atoms with Gasteiger partial charge < -0.3 is 5.84 Å². The smallest absolute Gasteiger partial charge is 0.118 e. The van der Waals surface area contributed by atoms with Crippen LogP contribution in [0.4, 0.5) is 0 Å². The van der Waals surface area contributed by atoms with E-state index < -0.39 is 0 Å². The van der Waals surface area contributed by atoms with Gasteiger partial charge in [0.25, 0.3) is 0 Å². The molecule has 0 aromatic heterocycles. The molecule has 0 bridgehead atoms. The first-order chi connectivity index (χ1) is 9.18. The number of nitrogens with one attached hydrogen (secondary N) is 1. The second-order valence-electron chi connectivity index (χ2n) is 5.79. The van der Waals surface area contributed by atoms with Crippen molar-refractivity contribution in [3.05, 3.63) is 11.6 Å². The van der Waals surface area contributed by atoms with Crippen LogP contribution >= 0.6 is 0 Å². The van der Waals surface area contributed by atoms with E-state index in [1.807, 2.05) is 0 Å². The highest BCUT2D eigenvalue weighted by Crippen LogP contribution is 2.60. The van der Waals surface area contributed by atoms with Crippen LogP contribution in [0.3, 0.4) is 0 Å². The predicted molar refractivity (Wildman–Crippen MR) is 74.8 cm³/mol. The summed E-state index contributed by atoms with van der Waals surface area (Å²) in [5.41, 5.74) is 8.65. The lowest BCUT2D eigenvalue weighted by atomic mass is 9.82. The zero-order valence-corrected chi connectivity index (χ0v) is 12.1. The predicted octanol–water partition coefficient (Wildman–Crippen LogP) is 3.87. The molecule has 3 N–H and O–H groups in total. The molecule has 0 radical (unpaired) electrons. The Bertz CT molecular complexity index is 399. The van der Waals surface area contributed by atoms with Gasteiger partial charge >= 0.3 is 0 Å². The molecule has 0 amide bonds. The summed E-state index contributed by atoms with van der Waals surface area (Å²) in [5.74, 6) is 6.85. The summed E-state index contributed by atoms with van der Waals surface area (Å²) in [4.78, 5) is 0. The fraction of sp³-hybridized carbons (Fsp3) is 0.857. The Hall–Kier alpha value is -1.26. The van der Waals surface area contributed by atoms with E-state index in [0.29, 0.717) is 11.8 Å². The SMILES string of the molecule is CCC(CC)C(CC)C1=CC1[C@]1(N=N)CC1N=NN. The average molecular weight is 263 g/mol. The average Bonchev–Trinajstić information content (AvgIpc) is 3.30. The van der Waals surface area contributed by atoms with Gasteiger partial charge in [0.1, 0.15) is 11.6 Å². The maximum atomic E-state index is 7.48. The van der Waals surface area contributed by atoms with Crippen LogP contribution in [0.1, 0.15) is 46.5 Å². The molecule has 1 saturated carbocycles. The van der Waals surface area contributed by atoms with Gasteiger partial charge in [0.05, 0.1) is 0 Å². The molecule has 2 aliphatic rings. The molecule has 3 unspecified atom stereocenters. The van der Waals surface area contributed by atoms with E-state index >= 15 is 0 Å². The van der Waals surface area contributed by atoms with E-state index in [9.17, 15) is 0 Å². The highest BCUT2D eigenvalue weighted by atomic mass is 15.4. The molecule has 2 rings (SSSR count). The molecule has 5 nitrogen and oxygen atoms in total. The van der Waals surface area contributed by atoms with E-state index in [2.05, 4.69) is 42.3 Å². The van der Waals surface area contributed by atoms with Crippen molar-refractivity contribution in [2.24, 2.45) is 39.0 Å². The number of nitrogens with two attached hydrogens (primary N) is 1. The highest BCUT2D eigenvalue weighted by Gasteiger charge is 2.65. The fourth-order valence-electron chi connectivity index (χ4n) is 3.63. The molecule has 0 aromatic carbocycles. The first-order valence-electron chi connectivity index (χ1n) is 7.38. The van der Waals surface area contributed by atoms with Crippen LogP contribution in [0.2, 0.25) is 0 Å². The molecule has 0 heterocycles. The first kappa shape index (κ1) is 14.2. The van der Waals surface area contributed by atoms with Crippen molar-refractivity contribution in [3.8, 4) is 0 Å². The first-order valence-corrected chi connectivity index (χ1v) is 7.38. The van der Waals surface area contributed by atoms with Gasteiger partial charge in [-0.05, 0) is 18.3 Å². The summed E-state index contributed by atoms with van der Waals surface area (Å²) in [6.45, 7) is 6.79. The van der Waals surface area contributed by atoms with Gasteiger partial charge in [0, 0.05) is 12.3 Å². The summed E-state index contributed by atoms with van der Waals surface area (Å²) in [6.07, 6.45) is 6.73. The normalized spacial score (nSPS) is 34.4. The lowest BCUT2D eigenvalue weighted by Crippen LogP contribution is -2.20. The van der Waals surface area contributed by atoms with Crippen molar-refractivity contribution in [2.45, 2.75) is 58.0 Å². The van der Waals surface area contributed by atoms with Crippen molar-refractivity contribution in [2.75, 3.05) is 0 Å². The third-order valence-corrected chi connectivity index (χ3v) is 4.98.